The molecule has 0 amide bonds. The van der Waals surface area contributed by atoms with Crippen molar-refractivity contribution < 1.29 is 4.79 Å². The molecule has 0 aliphatic carbocycles. The minimum absolute atomic E-state index is 0.0914. The first-order valence-electron chi connectivity index (χ1n) is 5.94. The second kappa shape index (κ2) is 6.64. The van der Waals surface area contributed by atoms with Crippen molar-refractivity contribution in [2.75, 3.05) is 0 Å². The summed E-state index contributed by atoms with van der Waals surface area (Å²) in [5.74, 6) is 0.0914. The smallest absolute Gasteiger partial charge is 0.193 e. The van der Waals surface area contributed by atoms with Gasteiger partial charge in [-0.1, -0.05) is 68.4 Å². The Bertz CT molecular complexity index is 472. The largest absolute Gasteiger partial charge is 0.289 e. The van der Waals surface area contributed by atoms with Crippen LogP contribution in [0, 0.1) is 6.92 Å². The van der Waals surface area contributed by atoms with E-state index >= 15 is 0 Å². The first-order valence-corrected chi connectivity index (χ1v) is 5.94. The second-order valence-electron chi connectivity index (χ2n) is 3.51. The zero-order valence-electron chi connectivity index (χ0n) is 10.6. The van der Waals surface area contributed by atoms with E-state index in [1.165, 1.54) is 0 Å². The predicted molar refractivity (Wildman–Crippen MR) is 72.4 cm³/mol. The molecule has 0 heterocycles. The molecule has 2 aromatic rings. The Balaban J connectivity index is 0.000000686. The van der Waals surface area contributed by atoms with E-state index in [0.29, 0.717) is 0 Å². The van der Waals surface area contributed by atoms with Gasteiger partial charge in [-0.25, -0.2) is 0 Å². The molecule has 0 fully saturated rings. The highest BCUT2D eigenvalue weighted by molar-refractivity contribution is 6.09. The predicted octanol–water partition coefficient (Wildman–Crippen LogP) is 4.25. The minimum atomic E-state index is 0.0914. The molecule has 88 valence electrons. The van der Waals surface area contributed by atoms with Gasteiger partial charge in [0.1, 0.15) is 0 Å². The highest BCUT2D eigenvalue weighted by Crippen LogP contribution is 2.13. The molecule has 0 spiro atoms. The number of benzene rings is 2. The lowest BCUT2D eigenvalue weighted by atomic mass is 9.99. The fourth-order valence-electron chi connectivity index (χ4n) is 1.57. The number of hydrogen-bond acceptors (Lipinski definition) is 1. The van der Waals surface area contributed by atoms with Gasteiger partial charge >= 0.3 is 0 Å². The molecule has 0 saturated carbocycles. The fourth-order valence-corrected chi connectivity index (χ4v) is 1.57. The maximum absolute atomic E-state index is 12.1. The standard InChI is InChI=1S/C14H12O.C2H6/c1-11-7-5-6-10-13(11)14(15)12-8-3-2-4-9-12;1-2/h2-10H,1H3;1-2H3. The van der Waals surface area contributed by atoms with Gasteiger partial charge in [-0.2, -0.15) is 0 Å². The molecular formula is C16H18O. The third-order valence-electron chi connectivity index (χ3n) is 2.43. The Morgan fingerprint density at radius 2 is 1.35 bits per heavy atom. The summed E-state index contributed by atoms with van der Waals surface area (Å²) >= 11 is 0. The molecular weight excluding hydrogens is 208 g/mol. The molecule has 2 rings (SSSR count). The zero-order valence-corrected chi connectivity index (χ0v) is 10.6. The number of aryl methyl sites for hydroxylation is 1. The summed E-state index contributed by atoms with van der Waals surface area (Å²) in [6.07, 6.45) is 0. The molecule has 0 aromatic heterocycles. The summed E-state index contributed by atoms with van der Waals surface area (Å²) in [5.41, 5.74) is 2.54. The van der Waals surface area contributed by atoms with E-state index in [1.807, 2.05) is 75.4 Å². The SMILES string of the molecule is CC.Cc1ccccc1C(=O)c1ccccc1. The number of ketones is 1. The number of hydrogen-bond donors (Lipinski definition) is 0. The third-order valence-corrected chi connectivity index (χ3v) is 2.43. The van der Waals surface area contributed by atoms with Crippen molar-refractivity contribution >= 4 is 5.78 Å². The number of carbonyl (C=O) groups is 1. The first-order chi connectivity index (χ1) is 8.29. The Morgan fingerprint density at radius 3 is 1.94 bits per heavy atom. The zero-order chi connectivity index (χ0) is 12.7. The molecule has 2 aromatic carbocycles. The summed E-state index contributed by atoms with van der Waals surface area (Å²) in [5, 5.41) is 0. The van der Waals surface area contributed by atoms with E-state index in [4.69, 9.17) is 0 Å². The number of rotatable bonds is 2. The Morgan fingerprint density at radius 1 is 0.824 bits per heavy atom. The van der Waals surface area contributed by atoms with E-state index in [2.05, 4.69) is 0 Å². The van der Waals surface area contributed by atoms with Crippen molar-refractivity contribution in [3.05, 3.63) is 71.3 Å². The van der Waals surface area contributed by atoms with Crippen LogP contribution in [0.15, 0.2) is 54.6 Å². The van der Waals surface area contributed by atoms with Crippen molar-refractivity contribution in [3.8, 4) is 0 Å². The van der Waals surface area contributed by atoms with Crippen LogP contribution in [0.5, 0.6) is 0 Å². The van der Waals surface area contributed by atoms with Crippen LogP contribution < -0.4 is 0 Å². The van der Waals surface area contributed by atoms with Crippen LogP contribution in [-0.2, 0) is 0 Å². The number of carbonyl (C=O) groups excluding carboxylic acids is 1. The second-order valence-corrected chi connectivity index (χ2v) is 3.51. The van der Waals surface area contributed by atoms with Crippen LogP contribution in [0.1, 0.15) is 35.3 Å². The summed E-state index contributed by atoms with van der Waals surface area (Å²) in [4.78, 5) is 12.1. The van der Waals surface area contributed by atoms with E-state index in [-0.39, 0.29) is 5.78 Å². The van der Waals surface area contributed by atoms with Gasteiger partial charge in [0, 0.05) is 11.1 Å². The normalized spacial score (nSPS) is 9.12. The quantitative estimate of drug-likeness (QED) is 0.699. The van der Waals surface area contributed by atoms with Gasteiger partial charge in [0.2, 0.25) is 0 Å². The molecule has 0 N–H and O–H groups in total. The van der Waals surface area contributed by atoms with Crippen LogP contribution >= 0.6 is 0 Å². The average molecular weight is 226 g/mol. The highest BCUT2D eigenvalue weighted by Gasteiger charge is 2.09. The fraction of sp³-hybridized carbons (Fsp3) is 0.188. The van der Waals surface area contributed by atoms with Crippen LogP contribution in [0.25, 0.3) is 0 Å². The van der Waals surface area contributed by atoms with Crippen molar-refractivity contribution in [2.45, 2.75) is 20.8 Å². The molecule has 0 aliphatic rings. The monoisotopic (exact) mass is 226 g/mol. The van der Waals surface area contributed by atoms with Crippen molar-refractivity contribution in [1.29, 1.82) is 0 Å². The van der Waals surface area contributed by atoms with Gasteiger partial charge in [-0.05, 0) is 12.5 Å². The third kappa shape index (κ3) is 3.28. The van der Waals surface area contributed by atoms with Crippen LogP contribution in [0.3, 0.4) is 0 Å². The Labute approximate surface area is 103 Å². The maximum Gasteiger partial charge on any atom is 0.193 e. The lowest BCUT2D eigenvalue weighted by Crippen LogP contribution is -2.02. The van der Waals surface area contributed by atoms with Gasteiger partial charge in [-0.15, -0.1) is 0 Å². The Kier molecular flexibility index (Phi) is 5.15. The topological polar surface area (TPSA) is 17.1 Å². The Hall–Kier alpha value is -1.89. The highest BCUT2D eigenvalue weighted by atomic mass is 16.1. The summed E-state index contributed by atoms with van der Waals surface area (Å²) in [6, 6.07) is 17.0. The summed E-state index contributed by atoms with van der Waals surface area (Å²) < 4.78 is 0. The molecule has 0 radical (unpaired) electrons. The van der Waals surface area contributed by atoms with Gasteiger partial charge < -0.3 is 0 Å². The van der Waals surface area contributed by atoms with E-state index in [0.717, 1.165) is 16.7 Å². The van der Waals surface area contributed by atoms with Crippen molar-refractivity contribution in [2.24, 2.45) is 0 Å². The van der Waals surface area contributed by atoms with Crippen molar-refractivity contribution in [1.82, 2.24) is 0 Å². The van der Waals surface area contributed by atoms with E-state index in [1.54, 1.807) is 0 Å². The molecule has 1 nitrogen and oxygen atoms in total. The van der Waals surface area contributed by atoms with Crippen LogP contribution in [0.4, 0.5) is 0 Å². The van der Waals surface area contributed by atoms with Gasteiger partial charge in [0.25, 0.3) is 0 Å². The van der Waals surface area contributed by atoms with Crippen LogP contribution in [-0.4, -0.2) is 5.78 Å². The lowest BCUT2D eigenvalue weighted by molar-refractivity contribution is 0.103. The van der Waals surface area contributed by atoms with Crippen molar-refractivity contribution in [3.63, 3.8) is 0 Å². The van der Waals surface area contributed by atoms with E-state index < -0.39 is 0 Å². The molecule has 0 bridgehead atoms. The molecule has 0 saturated heterocycles. The van der Waals surface area contributed by atoms with Gasteiger partial charge in [0.05, 0.1) is 0 Å². The molecule has 0 aliphatic heterocycles. The molecule has 1 heteroatoms. The average Bonchev–Trinajstić information content (AvgIpc) is 2.42. The first kappa shape index (κ1) is 13.2. The van der Waals surface area contributed by atoms with Gasteiger partial charge in [-0.3, -0.25) is 4.79 Å². The molecule has 0 atom stereocenters. The lowest BCUT2D eigenvalue weighted by Gasteiger charge is -2.03. The summed E-state index contributed by atoms with van der Waals surface area (Å²) in [7, 11) is 0. The van der Waals surface area contributed by atoms with Crippen LogP contribution in [0.2, 0.25) is 0 Å². The minimum Gasteiger partial charge on any atom is -0.289 e. The molecule has 0 unspecified atom stereocenters. The molecule has 17 heavy (non-hydrogen) atoms. The van der Waals surface area contributed by atoms with Gasteiger partial charge in [0.15, 0.2) is 5.78 Å². The maximum atomic E-state index is 12.1. The summed E-state index contributed by atoms with van der Waals surface area (Å²) in [6.45, 7) is 5.95. The van der Waals surface area contributed by atoms with E-state index in [9.17, 15) is 4.79 Å².